The smallest absolute Gasteiger partial charge is 0.119 e. The number of ether oxygens (including phenoxy) is 1. The summed E-state index contributed by atoms with van der Waals surface area (Å²) in [6.45, 7) is 10.6. The highest BCUT2D eigenvalue weighted by Crippen LogP contribution is 2.20. The first-order valence-corrected chi connectivity index (χ1v) is 7.05. The third-order valence-electron chi connectivity index (χ3n) is 2.92. The molecule has 2 heteroatoms. The predicted octanol–water partition coefficient (Wildman–Crippen LogP) is 3.97. The molecule has 1 aromatic carbocycles. The fraction of sp³-hybridized carbons (Fsp3) is 0.625. The van der Waals surface area contributed by atoms with Gasteiger partial charge in [-0.1, -0.05) is 39.8 Å². The van der Waals surface area contributed by atoms with Crippen LogP contribution in [0.2, 0.25) is 0 Å². The van der Waals surface area contributed by atoms with Crippen molar-refractivity contribution in [3.8, 4) is 5.75 Å². The predicted molar refractivity (Wildman–Crippen MR) is 78.4 cm³/mol. The van der Waals surface area contributed by atoms with Gasteiger partial charge in [-0.05, 0) is 43.0 Å². The van der Waals surface area contributed by atoms with Gasteiger partial charge in [0, 0.05) is 6.04 Å². The molecule has 2 nitrogen and oxygen atoms in total. The van der Waals surface area contributed by atoms with Gasteiger partial charge < -0.3 is 10.1 Å². The molecule has 18 heavy (non-hydrogen) atoms. The number of benzene rings is 1. The lowest BCUT2D eigenvalue weighted by atomic mass is 10.0. The zero-order valence-corrected chi connectivity index (χ0v) is 12.2. The van der Waals surface area contributed by atoms with E-state index in [0.29, 0.717) is 12.0 Å². The molecule has 0 amide bonds. The van der Waals surface area contributed by atoms with E-state index in [1.54, 1.807) is 0 Å². The highest BCUT2D eigenvalue weighted by Gasteiger charge is 2.00. The molecule has 0 aromatic heterocycles. The molecule has 0 spiro atoms. The molecule has 0 fully saturated rings. The minimum Gasteiger partial charge on any atom is -0.494 e. The molecule has 102 valence electrons. The molecule has 0 radical (unpaired) electrons. The molecule has 0 aliphatic heterocycles. The summed E-state index contributed by atoms with van der Waals surface area (Å²) in [7, 11) is 0. The SMILES string of the molecule is CC(C)NCCCCOc1cccc(C(C)C)c1. The molecule has 0 saturated heterocycles. The van der Waals surface area contributed by atoms with Gasteiger partial charge in [-0.3, -0.25) is 0 Å². The highest BCUT2D eigenvalue weighted by molar-refractivity contribution is 5.30. The number of hydrogen-bond acceptors (Lipinski definition) is 2. The molecular formula is C16H27NO. The number of nitrogens with one attached hydrogen (secondary N) is 1. The molecule has 0 bridgehead atoms. The van der Waals surface area contributed by atoms with Crippen LogP contribution in [0.1, 0.15) is 52.0 Å². The number of hydrogen-bond donors (Lipinski definition) is 1. The molecule has 0 heterocycles. The standard InChI is InChI=1S/C16H27NO/c1-13(2)15-8-7-9-16(12-15)18-11-6-5-10-17-14(3)4/h7-9,12-14,17H,5-6,10-11H2,1-4H3. The largest absolute Gasteiger partial charge is 0.494 e. The van der Waals surface area contributed by atoms with Crippen molar-refractivity contribution in [3.63, 3.8) is 0 Å². The van der Waals surface area contributed by atoms with Crippen molar-refractivity contribution in [2.75, 3.05) is 13.2 Å². The van der Waals surface area contributed by atoms with E-state index in [4.69, 9.17) is 4.74 Å². The van der Waals surface area contributed by atoms with Crippen molar-refractivity contribution in [2.24, 2.45) is 0 Å². The zero-order valence-electron chi connectivity index (χ0n) is 12.2. The quantitative estimate of drug-likeness (QED) is 0.704. The van der Waals surface area contributed by atoms with Crippen LogP contribution >= 0.6 is 0 Å². The van der Waals surface area contributed by atoms with Crippen LogP contribution in [-0.2, 0) is 0 Å². The Morgan fingerprint density at radius 2 is 1.89 bits per heavy atom. The maximum Gasteiger partial charge on any atom is 0.119 e. The van der Waals surface area contributed by atoms with E-state index in [2.05, 4.69) is 51.2 Å². The van der Waals surface area contributed by atoms with Crippen LogP contribution in [0.15, 0.2) is 24.3 Å². The Morgan fingerprint density at radius 1 is 1.11 bits per heavy atom. The average Bonchev–Trinajstić information content (AvgIpc) is 2.33. The first-order chi connectivity index (χ1) is 8.59. The van der Waals surface area contributed by atoms with Crippen molar-refractivity contribution in [1.82, 2.24) is 5.32 Å². The Bertz CT molecular complexity index is 334. The van der Waals surface area contributed by atoms with E-state index in [9.17, 15) is 0 Å². The van der Waals surface area contributed by atoms with E-state index in [0.717, 1.165) is 25.3 Å². The Labute approximate surface area is 112 Å². The second-order valence-corrected chi connectivity index (χ2v) is 5.39. The van der Waals surface area contributed by atoms with E-state index in [1.807, 2.05) is 6.07 Å². The lowest BCUT2D eigenvalue weighted by Gasteiger charge is -2.10. The maximum absolute atomic E-state index is 5.78. The number of unbranched alkanes of at least 4 members (excludes halogenated alkanes) is 1. The highest BCUT2D eigenvalue weighted by atomic mass is 16.5. The van der Waals surface area contributed by atoms with Crippen LogP contribution in [-0.4, -0.2) is 19.2 Å². The summed E-state index contributed by atoms with van der Waals surface area (Å²) >= 11 is 0. The van der Waals surface area contributed by atoms with Crippen LogP contribution in [0.3, 0.4) is 0 Å². The van der Waals surface area contributed by atoms with Gasteiger partial charge in [-0.2, -0.15) is 0 Å². The van der Waals surface area contributed by atoms with Gasteiger partial charge in [-0.25, -0.2) is 0 Å². The van der Waals surface area contributed by atoms with Gasteiger partial charge >= 0.3 is 0 Å². The van der Waals surface area contributed by atoms with Crippen molar-refractivity contribution in [3.05, 3.63) is 29.8 Å². The van der Waals surface area contributed by atoms with E-state index in [1.165, 1.54) is 12.0 Å². The van der Waals surface area contributed by atoms with Gasteiger partial charge in [0.2, 0.25) is 0 Å². The maximum atomic E-state index is 5.78. The molecule has 1 aromatic rings. The Balaban J connectivity index is 2.21. The van der Waals surface area contributed by atoms with Crippen LogP contribution in [0.25, 0.3) is 0 Å². The van der Waals surface area contributed by atoms with E-state index >= 15 is 0 Å². The average molecular weight is 249 g/mol. The van der Waals surface area contributed by atoms with Crippen LogP contribution in [0.4, 0.5) is 0 Å². The molecule has 0 aliphatic rings. The Kier molecular flexibility index (Phi) is 6.81. The first-order valence-electron chi connectivity index (χ1n) is 7.05. The molecular weight excluding hydrogens is 222 g/mol. The Hall–Kier alpha value is -1.02. The molecule has 0 atom stereocenters. The van der Waals surface area contributed by atoms with Crippen molar-refractivity contribution >= 4 is 0 Å². The summed E-state index contributed by atoms with van der Waals surface area (Å²) in [5.74, 6) is 1.56. The minimum atomic E-state index is 0.559. The fourth-order valence-electron chi connectivity index (χ4n) is 1.77. The lowest BCUT2D eigenvalue weighted by Crippen LogP contribution is -2.23. The van der Waals surface area contributed by atoms with Gasteiger partial charge in [0.25, 0.3) is 0 Å². The minimum absolute atomic E-state index is 0.559. The van der Waals surface area contributed by atoms with Crippen LogP contribution < -0.4 is 10.1 Å². The zero-order chi connectivity index (χ0) is 13.4. The van der Waals surface area contributed by atoms with Gasteiger partial charge in [0.1, 0.15) is 5.75 Å². The third kappa shape index (κ3) is 6.06. The molecule has 0 saturated carbocycles. The molecule has 0 aliphatic carbocycles. The summed E-state index contributed by atoms with van der Waals surface area (Å²) < 4.78 is 5.78. The third-order valence-corrected chi connectivity index (χ3v) is 2.92. The molecule has 1 rings (SSSR count). The second-order valence-electron chi connectivity index (χ2n) is 5.39. The van der Waals surface area contributed by atoms with Crippen LogP contribution in [0, 0.1) is 0 Å². The van der Waals surface area contributed by atoms with Crippen molar-refractivity contribution < 1.29 is 4.74 Å². The first kappa shape index (κ1) is 15.0. The van der Waals surface area contributed by atoms with Gasteiger partial charge in [0.05, 0.1) is 6.61 Å². The monoisotopic (exact) mass is 249 g/mol. The van der Waals surface area contributed by atoms with Crippen LogP contribution in [0.5, 0.6) is 5.75 Å². The van der Waals surface area contributed by atoms with Gasteiger partial charge in [0.15, 0.2) is 0 Å². The fourth-order valence-corrected chi connectivity index (χ4v) is 1.77. The summed E-state index contributed by atoms with van der Waals surface area (Å²) in [5, 5.41) is 3.41. The number of rotatable bonds is 8. The second kappa shape index (κ2) is 8.15. The Morgan fingerprint density at radius 3 is 2.56 bits per heavy atom. The summed E-state index contributed by atoms with van der Waals surface area (Å²) in [6.07, 6.45) is 2.27. The van der Waals surface area contributed by atoms with Gasteiger partial charge in [-0.15, -0.1) is 0 Å². The van der Waals surface area contributed by atoms with Crippen molar-refractivity contribution in [2.45, 2.75) is 52.5 Å². The molecule has 1 N–H and O–H groups in total. The van der Waals surface area contributed by atoms with Crippen molar-refractivity contribution in [1.29, 1.82) is 0 Å². The molecule has 0 unspecified atom stereocenters. The summed E-state index contributed by atoms with van der Waals surface area (Å²) in [6, 6.07) is 9.00. The lowest BCUT2D eigenvalue weighted by molar-refractivity contribution is 0.304. The summed E-state index contributed by atoms with van der Waals surface area (Å²) in [5.41, 5.74) is 1.34. The van der Waals surface area contributed by atoms with E-state index in [-0.39, 0.29) is 0 Å². The van der Waals surface area contributed by atoms with E-state index < -0.39 is 0 Å². The summed E-state index contributed by atoms with van der Waals surface area (Å²) in [4.78, 5) is 0. The topological polar surface area (TPSA) is 21.3 Å². The normalized spacial score (nSPS) is 11.2.